The standard InChI is InChI=1S/C12H17BrN2O/c1-15-6-5-10(8-15)14-11-7-9(13)3-4-12(11)16-2/h3-4,7,10,14H,5-6,8H2,1-2H3. The molecule has 1 heterocycles. The summed E-state index contributed by atoms with van der Waals surface area (Å²) in [5.41, 5.74) is 1.07. The molecule has 0 spiro atoms. The predicted molar refractivity (Wildman–Crippen MR) is 70.2 cm³/mol. The maximum Gasteiger partial charge on any atom is 0.142 e. The number of likely N-dealkylation sites (tertiary alicyclic amines) is 1. The number of hydrogen-bond donors (Lipinski definition) is 1. The number of benzene rings is 1. The number of ether oxygens (including phenoxy) is 1. The van der Waals surface area contributed by atoms with Gasteiger partial charge in [0.1, 0.15) is 5.75 Å². The summed E-state index contributed by atoms with van der Waals surface area (Å²) < 4.78 is 6.41. The highest BCUT2D eigenvalue weighted by Crippen LogP contribution is 2.29. The van der Waals surface area contributed by atoms with Gasteiger partial charge in [0.25, 0.3) is 0 Å². The second kappa shape index (κ2) is 5.06. The first-order chi connectivity index (χ1) is 7.69. The molecule has 1 aliphatic rings. The van der Waals surface area contributed by atoms with Gasteiger partial charge in [-0.1, -0.05) is 15.9 Å². The minimum absolute atomic E-state index is 0.521. The van der Waals surface area contributed by atoms with E-state index in [9.17, 15) is 0 Å². The zero-order valence-electron chi connectivity index (χ0n) is 9.66. The van der Waals surface area contributed by atoms with Gasteiger partial charge in [-0.15, -0.1) is 0 Å². The Hall–Kier alpha value is -0.740. The van der Waals surface area contributed by atoms with Crippen molar-refractivity contribution in [1.82, 2.24) is 4.90 Å². The number of rotatable bonds is 3. The molecule has 0 bridgehead atoms. The zero-order valence-corrected chi connectivity index (χ0v) is 11.3. The van der Waals surface area contributed by atoms with Crippen LogP contribution in [0.15, 0.2) is 22.7 Å². The summed E-state index contributed by atoms with van der Waals surface area (Å²) >= 11 is 3.48. The van der Waals surface area contributed by atoms with Crippen LogP contribution in [0.1, 0.15) is 6.42 Å². The highest BCUT2D eigenvalue weighted by molar-refractivity contribution is 9.10. The lowest BCUT2D eigenvalue weighted by molar-refractivity contribution is 0.410. The van der Waals surface area contributed by atoms with Gasteiger partial charge < -0.3 is 15.0 Å². The molecule has 0 saturated carbocycles. The number of hydrogen-bond acceptors (Lipinski definition) is 3. The van der Waals surface area contributed by atoms with Gasteiger partial charge >= 0.3 is 0 Å². The Morgan fingerprint density at radius 1 is 1.50 bits per heavy atom. The second-order valence-corrected chi connectivity index (χ2v) is 5.15. The van der Waals surface area contributed by atoms with E-state index >= 15 is 0 Å². The van der Waals surface area contributed by atoms with E-state index in [-0.39, 0.29) is 0 Å². The van der Waals surface area contributed by atoms with Gasteiger partial charge in [0, 0.05) is 17.1 Å². The molecule has 16 heavy (non-hydrogen) atoms. The summed E-state index contributed by atoms with van der Waals surface area (Å²) in [6.07, 6.45) is 1.19. The maximum absolute atomic E-state index is 5.34. The van der Waals surface area contributed by atoms with E-state index in [0.717, 1.165) is 29.0 Å². The molecule has 2 rings (SSSR count). The van der Waals surface area contributed by atoms with Crippen molar-refractivity contribution in [2.75, 3.05) is 32.6 Å². The van der Waals surface area contributed by atoms with Gasteiger partial charge in [0.15, 0.2) is 0 Å². The van der Waals surface area contributed by atoms with Crippen molar-refractivity contribution in [3.05, 3.63) is 22.7 Å². The molecule has 1 atom stereocenters. The molecule has 88 valence electrons. The average Bonchev–Trinajstić information content (AvgIpc) is 2.64. The normalized spacial score (nSPS) is 21.1. The predicted octanol–water partition coefficient (Wildman–Crippen LogP) is 2.57. The van der Waals surface area contributed by atoms with Crippen molar-refractivity contribution < 1.29 is 4.74 Å². The monoisotopic (exact) mass is 284 g/mol. The summed E-state index contributed by atoms with van der Waals surface area (Å²) in [6, 6.07) is 6.56. The number of likely N-dealkylation sites (N-methyl/N-ethyl adjacent to an activating group) is 1. The third-order valence-electron chi connectivity index (χ3n) is 2.91. The second-order valence-electron chi connectivity index (χ2n) is 4.24. The Morgan fingerprint density at radius 3 is 2.94 bits per heavy atom. The lowest BCUT2D eigenvalue weighted by Gasteiger charge is -2.17. The fourth-order valence-electron chi connectivity index (χ4n) is 2.07. The zero-order chi connectivity index (χ0) is 11.5. The smallest absolute Gasteiger partial charge is 0.142 e. The number of anilines is 1. The van der Waals surface area contributed by atoms with Gasteiger partial charge in [-0.25, -0.2) is 0 Å². The van der Waals surface area contributed by atoms with Crippen LogP contribution >= 0.6 is 15.9 Å². The molecule has 0 aliphatic carbocycles. The molecule has 0 amide bonds. The summed E-state index contributed by atoms with van der Waals surface area (Å²) in [6.45, 7) is 2.25. The highest BCUT2D eigenvalue weighted by Gasteiger charge is 2.20. The van der Waals surface area contributed by atoms with Crippen LogP contribution in [0.3, 0.4) is 0 Å². The fourth-order valence-corrected chi connectivity index (χ4v) is 2.43. The van der Waals surface area contributed by atoms with Gasteiger partial charge in [-0.3, -0.25) is 0 Å². The number of halogens is 1. The first-order valence-corrected chi connectivity index (χ1v) is 6.27. The molecule has 1 aliphatic heterocycles. The number of methoxy groups -OCH3 is 1. The van der Waals surface area contributed by atoms with Gasteiger partial charge in [-0.05, 0) is 38.2 Å². The van der Waals surface area contributed by atoms with Crippen molar-refractivity contribution in [1.29, 1.82) is 0 Å². The van der Waals surface area contributed by atoms with Crippen molar-refractivity contribution in [3.63, 3.8) is 0 Å². The summed E-state index contributed by atoms with van der Waals surface area (Å²) in [5, 5.41) is 3.53. The molecule has 4 heteroatoms. The first kappa shape index (κ1) is 11.7. The molecule has 1 fully saturated rings. The van der Waals surface area contributed by atoms with E-state index in [2.05, 4.69) is 39.3 Å². The van der Waals surface area contributed by atoms with Gasteiger partial charge in [-0.2, -0.15) is 0 Å². The Morgan fingerprint density at radius 2 is 2.31 bits per heavy atom. The highest BCUT2D eigenvalue weighted by atomic mass is 79.9. The van der Waals surface area contributed by atoms with E-state index in [4.69, 9.17) is 4.74 Å². The van der Waals surface area contributed by atoms with Crippen molar-refractivity contribution in [2.45, 2.75) is 12.5 Å². The van der Waals surface area contributed by atoms with Crippen LogP contribution in [0.5, 0.6) is 5.75 Å². The maximum atomic E-state index is 5.34. The van der Waals surface area contributed by atoms with Crippen LogP contribution < -0.4 is 10.1 Å². The quantitative estimate of drug-likeness (QED) is 0.923. The summed E-state index contributed by atoms with van der Waals surface area (Å²) in [5.74, 6) is 0.901. The molecule has 1 saturated heterocycles. The van der Waals surface area contributed by atoms with E-state index in [1.54, 1.807) is 7.11 Å². The molecule has 0 aromatic heterocycles. The molecule has 0 radical (unpaired) electrons. The van der Waals surface area contributed by atoms with Crippen LogP contribution in [0.25, 0.3) is 0 Å². The minimum Gasteiger partial charge on any atom is -0.495 e. The SMILES string of the molecule is COc1ccc(Br)cc1NC1CCN(C)C1. The molecule has 1 N–H and O–H groups in total. The van der Waals surface area contributed by atoms with Crippen LogP contribution in [0.4, 0.5) is 5.69 Å². The number of nitrogens with zero attached hydrogens (tertiary/aromatic N) is 1. The Kier molecular flexibility index (Phi) is 3.71. The van der Waals surface area contributed by atoms with Crippen LogP contribution in [-0.2, 0) is 0 Å². The van der Waals surface area contributed by atoms with E-state index in [0.29, 0.717) is 6.04 Å². The molecule has 1 unspecified atom stereocenters. The molecule has 3 nitrogen and oxygen atoms in total. The Labute approximate surface area is 105 Å². The Balaban J connectivity index is 2.10. The van der Waals surface area contributed by atoms with Crippen LogP contribution in [0.2, 0.25) is 0 Å². The van der Waals surface area contributed by atoms with Crippen molar-refractivity contribution in [3.8, 4) is 5.75 Å². The van der Waals surface area contributed by atoms with Gasteiger partial charge in [0.05, 0.1) is 12.8 Å². The summed E-state index contributed by atoms with van der Waals surface area (Å²) in [7, 11) is 3.86. The van der Waals surface area contributed by atoms with Crippen molar-refractivity contribution >= 4 is 21.6 Å². The third kappa shape index (κ3) is 2.68. The topological polar surface area (TPSA) is 24.5 Å². The van der Waals surface area contributed by atoms with Crippen LogP contribution in [-0.4, -0.2) is 38.2 Å². The summed E-state index contributed by atoms with van der Waals surface area (Å²) in [4.78, 5) is 2.34. The lowest BCUT2D eigenvalue weighted by atomic mass is 10.2. The largest absolute Gasteiger partial charge is 0.495 e. The third-order valence-corrected chi connectivity index (χ3v) is 3.41. The van der Waals surface area contributed by atoms with E-state index < -0.39 is 0 Å². The lowest BCUT2D eigenvalue weighted by Crippen LogP contribution is -2.23. The Bertz CT molecular complexity index is 370. The van der Waals surface area contributed by atoms with E-state index in [1.807, 2.05) is 12.1 Å². The molecular formula is C12H17BrN2O. The average molecular weight is 285 g/mol. The first-order valence-electron chi connectivity index (χ1n) is 5.47. The minimum atomic E-state index is 0.521. The van der Waals surface area contributed by atoms with Gasteiger partial charge in [0.2, 0.25) is 0 Å². The molecule has 1 aromatic carbocycles. The number of nitrogens with one attached hydrogen (secondary N) is 1. The van der Waals surface area contributed by atoms with Crippen molar-refractivity contribution in [2.24, 2.45) is 0 Å². The molecular weight excluding hydrogens is 268 g/mol. The van der Waals surface area contributed by atoms with E-state index in [1.165, 1.54) is 6.42 Å². The molecule has 1 aromatic rings. The van der Waals surface area contributed by atoms with Crippen LogP contribution in [0, 0.1) is 0 Å². The fraction of sp³-hybridized carbons (Fsp3) is 0.500.